The molecule has 3 fully saturated rings. The van der Waals surface area contributed by atoms with Gasteiger partial charge in [0.05, 0.1) is 59.5 Å². The summed E-state index contributed by atoms with van der Waals surface area (Å²) in [6, 6.07) is 2.26. The number of nitrogens with one attached hydrogen (secondary N) is 1. The van der Waals surface area contributed by atoms with Gasteiger partial charge in [-0.3, -0.25) is 14.7 Å². The van der Waals surface area contributed by atoms with E-state index in [9.17, 15) is 14.3 Å². The van der Waals surface area contributed by atoms with Crippen molar-refractivity contribution in [1.82, 2.24) is 25.2 Å². The topological polar surface area (TPSA) is 148 Å². The Morgan fingerprint density at radius 3 is 2.72 bits per heavy atom. The van der Waals surface area contributed by atoms with Crippen LogP contribution in [0.25, 0.3) is 32.4 Å². The smallest absolute Gasteiger partial charge is 0.243 e. The van der Waals surface area contributed by atoms with Gasteiger partial charge in [-0.25, -0.2) is 18.7 Å². The molecule has 6 heterocycles. The highest BCUT2D eigenvalue weighted by Gasteiger charge is 2.56. The number of thiazole rings is 1. The van der Waals surface area contributed by atoms with E-state index < -0.39 is 23.3 Å². The minimum Gasteiger partial charge on any atom is -0.473 e. The van der Waals surface area contributed by atoms with Crippen molar-refractivity contribution in [2.75, 3.05) is 69.8 Å². The molecule has 4 N–H and O–H groups in total. The number of nitrogen functional groups attached to an aromatic ring is 1. The fourth-order valence-electron chi connectivity index (χ4n) is 7.71. The maximum atomic E-state index is 17.0. The number of pyridine rings is 2. The third-order valence-corrected chi connectivity index (χ3v) is 11.3. The molecule has 12 nitrogen and oxygen atoms in total. The number of rotatable bonds is 7. The Labute approximate surface area is 291 Å². The van der Waals surface area contributed by atoms with Crippen LogP contribution in [0, 0.1) is 17.0 Å². The number of morpholine rings is 1. The fraction of sp³-hybridized carbons (Fsp3) is 0.486. The first-order valence-corrected chi connectivity index (χ1v) is 17.7. The highest BCUT2D eigenvalue weighted by atomic mass is 32.1. The molecule has 8 rings (SSSR count). The lowest BCUT2D eigenvalue weighted by Gasteiger charge is -2.43. The predicted molar refractivity (Wildman–Crippen MR) is 185 cm³/mol. The monoisotopic (exact) mass is 707 g/mol. The van der Waals surface area contributed by atoms with Gasteiger partial charge >= 0.3 is 0 Å². The number of benzene rings is 1. The van der Waals surface area contributed by atoms with Gasteiger partial charge in [-0.05, 0) is 38.0 Å². The highest BCUT2D eigenvalue weighted by molar-refractivity contribution is 7.22. The molecule has 3 aliphatic heterocycles. The Kier molecular flexibility index (Phi) is 8.38. The molecule has 1 aromatic carbocycles. The Hall–Kier alpha value is -4.02. The van der Waals surface area contributed by atoms with Crippen molar-refractivity contribution in [2.24, 2.45) is 5.41 Å². The molecule has 1 amide bonds. The van der Waals surface area contributed by atoms with E-state index >= 15 is 4.39 Å². The molecular weight excluding hydrogens is 668 g/mol. The average molecular weight is 708 g/mol. The first kappa shape index (κ1) is 33.1. The van der Waals surface area contributed by atoms with Crippen molar-refractivity contribution in [3.8, 4) is 17.1 Å². The zero-order chi connectivity index (χ0) is 34.8. The molecule has 2 saturated heterocycles. The zero-order valence-electron chi connectivity index (χ0n) is 27.7. The number of nitrogens with zero attached hydrogens (tertiary/aromatic N) is 5. The van der Waals surface area contributed by atoms with E-state index in [0.717, 1.165) is 43.8 Å². The minimum atomic E-state index is -1.40. The van der Waals surface area contributed by atoms with Gasteiger partial charge in [0, 0.05) is 61.7 Å². The molecule has 4 aliphatic rings. The van der Waals surface area contributed by atoms with Crippen LogP contribution >= 0.6 is 11.3 Å². The number of amides is 1. The quantitative estimate of drug-likeness (QED) is 0.241. The second-order valence-corrected chi connectivity index (χ2v) is 14.9. The lowest BCUT2D eigenvalue weighted by atomic mass is 9.80. The molecule has 4 aromatic rings. The number of halogens is 2. The van der Waals surface area contributed by atoms with Crippen LogP contribution in [0.2, 0.25) is 0 Å². The molecule has 15 heteroatoms. The third kappa shape index (κ3) is 5.84. The summed E-state index contributed by atoms with van der Waals surface area (Å²) < 4.78 is 50.1. The van der Waals surface area contributed by atoms with Gasteiger partial charge in [0.25, 0.3) is 0 Å². The molecule has 1 aliphatic carbocycles. The summed E-state index contributed by atoms with van der Waals surface area (Å²) >= 11 is 0.978. The second-order valence-electron chi connectivity index (χ2n) is 13.9. The normalized spacial score (nSPS) is 25.2. The van der Waals surface area contributed by atoms with Gasteiger partial charge in [-0.2, -0.15) is 0 Å². The lowest BCUT2D eigenvalue weighted by Crippen LogP contribution is -2.49. The van der Waals surface area contributed by atoms with Gasteiger partial charge in [0.2, 0.25) is 11.8 Å². The second kappa shape index (κ2) is 12.6. The number of carbonyl (C=O) groups is 1. The zero-order valence-corrected chi connectivity index (χ0v) is 28.5. The van der Waals surface area contributed by atoms with Crippen LogP contribution in [-0.2, 0) is 19.9 Å². The van der Waals surface area contributed by atoms with Gasteiger partial charge in [-0.1, -0.05) is 17.9 Å². The van der Waals surface area contributed by atoms with Crippen LogP contribution in [-0.4, -0.2) is 102 Å². The maximum Gasteiger partial charge on any atom is 0.243 e. The summed E-state index contributed by atoms with van der Waals surface area (Å²) in [5.74, 6) is -1.45. The number of hydrogen-bond acceptors (Lipinski definition) is 12. The fourth-order valence-corrected chi connectivity index (χ4v) is 8.48. The minimum absolute atomic E-state index is 0.0178. The van der Waals surface area contributed by atoms with Crippen LogP contribution in [0.5, 0.6) is 5.88 Å². The van der Waals surface area contributed by atoms with Crippen LogP contribution in [0.3, 0.4) is 0 Å². The number of carbonyl (C=O) groups excluding carboxylic acids is 1. The molecule has 264 valence electrons. The largest absolute Gasteiger partial charge is 0.473 e. The van der Waals surface area contributed by atoms with Crippen molar-refractivity contribution in [1.29, 1.82) is 0 Å². The summed E-state index contributed by atoms with van der Waals surface area (Å²) in [6.07, 6.45) is 4.55. The standard InChI is InChI=1S/C35H39F2N7O5S/c1-3-24(45)40-19-16-44(10-13-48-17-19)30-21-15-39-27(20-4-5-22(36)31-29(20)42-33(38)50-31)26(37)28(21)41-32-25(30)34(2,46)14-23(49-32)35(6-7-35)18-43-8-11-47-12-9-43/h3-5,15,19,23,46H,1,6-14,16-18H2,2H3,(H2,38,42)(H,40,45)/t19?,23-,34-/m0/s1. The maximum absolute atomic E-state index is 17.0. The molecule has 0 spiro atoms. The van der Waals surface area contributed by atoms with Crippen molar-refractivity contribution < 1.29 is 32.9 Å². The van der Waals surface area contributed by atoms with Crippen molar-refractivity contribution in [3.63, 3.8) is 0 Å². The van der Waals surface area contributed by atoms with Crippen LogP contribution in [0.15, 0.2) is 31.0 Å². The molecule has 50 heavy (non-hydrogen) atoms. The Morgan fingerprint density at radius 2 is 1.96 bits per heavy atom. The van der Waals surface area contributed by atoms with E-state index in [2.05, 4.69) is 26.8 Å². The highest BCUT2D eigenvalue weighted by Crippen LogP contribution is 2.57. The molecular formula is C35H39F2N7O5S. The first-order valence-electron chi connectivity index (χ1n) is 16.9. The third-order valence-electron chi connectivity index (χ3n) is 10.4. The van der Waals surface area contributed by atoms with E-state index in [-0.39, 0.29) is 62.0 Å². The number of aliphatic hydroxyl groups is 1. The van der Waals surface area contributed by atoms with E-state index in [1.54, 1.807) is 6.92 Å². The number of ether oxygens (including phenoxy) is 3. The SMILES string of the molecule is C=CC(=O)NC1COCCN(c2c3c(nc4c(F)c(-c5ccc(F)c6sc(N)nc56)ncc24)O[C@H](C2(CN4CCOCC4)CC2)C[C@]3(C)O)C1. The van der Waals surface area contributed by atoms with Gasteiger partial charge in [0.15, 0.2) is 10.9 Å². The first-order chi connectivity index (χ1) is 24.1. The molecule has 1 saturated carbocycles. The Bertz CT molecular complexity index is 2000. The molecule has 3 aromatic heterocycles. The predicted octanol–water partition coefficient (Wildman–Crippen LogP) is 3.75. The van der Waals surface area contributed by atoms with Gasteiger partial charge in [0.1, 0.15) is 23.1 Å². The summed E-state index contributed by atoms with van der Waals surface area (Å²) in [7, 11) is 0. The van der Waals surface area contributed by atoms with Gasteiger partial charge in [-0.15, -0.1) is 0 Å². The summed E-state index contributed by atoms with van der Waals surface area (Å²) in [4.78, 5) is 30.3. The Balaban J connectivity index is 1.28. The average Bonchev–Trinajstić information content (AvgIpc) is 3.82. The number of anilines is 2. The van der Waals surface area contributed by atoms with Crippen LogP contribution in [0.1, 0.15) is 31.7 Å². The van der Waals surface area contributed by atoms with Gasteiger partial charge < -0.3 is 35.3 Å². The molecule has 0 bridgehead atoms. The number of hydrogen-bond donors (Lipinski definition) is 3. The van der Waals surface area contributed by atoms with Crippen molar-refractivity contribution in [3.05, 3.63) is 48.2 Å². The number of nitrogens with two attached hydrogens (primary N) is 1. The van der Waals surface area contributed by atoms with Crippen LogP contribution in [0.4, 0.5) is 19.6 Å². The van der Waals surface area contributed by atoms with E-state index in [4.69, 9.17) is 24.9 Å². The molecule has 0 radical (unpaired) electrons. The number of fused-ring (bicyclic) bond motifs is 3. The van der Waals surface area contributed by atoms with E-state index in [1.165, 1.54) is 24.4 Å². The van der Waals surface area contributed by atoms with Crippen molar-refractivity contribution in [2.45, 2.75) is 43.9 Å². The molecule has 1 unspecified atom stereocenters. The van der Waals surface area contributed by atoms with Crippen molar-refractivity contribution >= 4 is 49.2 Å². The summed E-state index contributed by atoms with van der Waals surface area (Å²) in [5, 5.41) is 15.8. The van der Waals surface area contributed by atoms with E-state index in [1.807, 2.05) is 4.90 Å². The van der Waals surface area contributed by atoms with E-state index in [0.29, 0.717) is 56.0 Å². The lowest BCUT2D eigenvalue weighted by molar-refractivity contribution is -0.117. The summed E-state index contributed by atoms with van der Waals surface area (Å²) in [5.41, 5.74) is 5.69. The Morgan fingerprint density at radius 1 is 1.18 bits per heavy atom. The summed E-state index contributed by atoms with van der Waals surface area (Å²) in [6.45, 7) is 10.4. The molecule has 3 atom stereocenters. The number of aromatic nitrogens is 3. The van der Waals surface area contributed by atoms with Crippen LogP contribution < -0.4 is 20.7 Å².